The molecule has 1 aromatic heterocycles. The van der Waals surface area contributed by atoms with Gasteiger partial charge in [0.1, 0.15) is 5.82 Å². The van der Waals surface area contributed by atoms with Crippen LogP contribution in [0.25, 0.3) is 11.0 Å². The zero-order valence-corrected chi connectivity index (χ0v) is 16.9. The molecule has 0 atom stereocenters. The quantitative estimate of drug-likeness (QED) is 0.324. The average molecular weight is 441 g/mol. The Bertz CT molecular complexity index is 673. The Balaban J connectivity index is 0.00000208. The molecule has 0 spiro atoms. The van der Waals surface area contributed by atoms with Gasteiger partial charge in [0, 0.05) is 26.2 Å². The van der Waals surface area contributed by atoms with Gasteiger partial charge < -0.3 is 15.2 Å². The van der Waals surface area contributed by atoms with Crippen LogP contribution in [0.5, 0.6) is 0 Å². The fourth-order valence-electron chi connectivity index (χ4n) is 3.38. The Labute approximate surface area is 161 Å². The maximum atomic E-state index is 4.62. The minimum atomic E-state index is 0. The Morgan fingerprint density at radius 2 is 2.04 bits per heavy atom. The van der Waals surface area contributed by atoms with E-state index in [-0.39, 0.29) is 24.0 Å². The Kier molecular flexibility index (Phi) is 7.33. The molecular weight excluding hydrogens is 413 g/mol. The summed E-state index contributed by atoms with van der Waals surface area (Å²) < 4.78 is 2.30. The molecule has 0 saturated heterocycles. The predicted molar refractivity (Wildman–Crippen MR) is 111 cm³/mol. The number of nitrogens with one attached hydrogen (secondary N) is 2. The maximum Gasteiger partial charge on any atom is 0.191 e. The van der Waals surface area contributed by atoms with E-state index in [1.54, 1.807) is 0 Å². The predicted octanol–water partition coefficient (Wildman–Crippen LogP) is 3.46. The first kappa shape index (κ1) is 19.0. The molecule has 2 aromatic rings. The van der Waals surface area contributed by atoms with Crippen LogP contribution in [-0.4, -0.2) is 35.1 Å². The van der Waals surface area contributed by atoms with Crippen LogP contribution in [0.4, 0.5) is 0 Å². The first-order valence-electron chi connectivity index (χ1n) is 8.67. The first-order chi connectivity index (χ1) is 11.3. The zero-order valence-electron chi connectivity index (χ0n) is 14.6. The molecule has 1 aliphatic carbocycles. The highest BCUT2D eigenvalue weighted by molar-refractivity contribution is 14.0. The van der Waals surface area contributed by atoms with Gasteiger partial charge in [-0.1, -0.05) is 25.0 Å². The summed E-state index contributed by atoms with van der Waals surface area (Å²) in [4.78, 5) is 8.95. The van der Waals surface area contributed by atoms with E-state index in [9.17, 15) is 0 Å². The molecule has 0 amide bonds. The number of fused-ring (bicyclic) bond motifs is 1. The second kappa shape index (κ2) is 9.25. The first-order valence-corrected chi connectivity index (χ1v) is 8.67. The minimum Gasteiger partial charge on any atom is -0.356 e. The number of para-hydroxylation sites is 2. The summed E-state index contributed by atoms with van der Waals surface area (Å²) in [5, 5.41) is 6.95. The highest BCUT2D eigenvalue weighted by atomic mass is 127. The van der Waals surface area contributed by atoms with Gasteiger partial charge in [0.05, 0.1) is 11.0 Å². The van der Waals surface area contributed by atoms with Crippen molar-refractivity contribution in [2.24, 2.45) is 4.99 Å². The SMILES string of the molecule is CN=C(NCCCn1c(C)nc2ccccc21)NC1CCCC1.I. The van der Waals surface area contributed by atoms with Crippen molar-refractivity contribution in [1.82, 2.24) is 20.2 Å². The number of rotatable bonds is 5. The highest BCUT2D eigenvalue weighted by Gasteiger charge is 2.15. The van der Waals surface area contributed by atoms with Crippen molar-refractivity contribution in [2.45, 2.75) is 51.6 Å². The van der Waals surface area contributed by atoms with Crippen molar-refractivity contribution in [3.8, 4) is 0 Å². The molecule has 3 rings (SSSR count). The second-order valence-electron chi connectivity index (χ2n) is 6.28. The molecule has 0 radical (unpaired) electrons. The number of halogens is 1. The van der Waals surface area contributed by atoms with E-state index >= 15 is 0 Å². The van der Waals surface area contributed by atoms with Gasteiger partial charge in [0.15, 0.2) is 5.96 Å². The number of aliphatic imine (C=N–C) groups is 1. The van der Waals surface area contributed by atoms with Gasteiger partial charge in [-0.15, -0.1) is 24.0 Å². The van der Waals surface area contributed by atoms with Gasteiger partial charge in [0.25, 0.3) is 0 Å². The molecule has 6 heteroatoms. The van der Waals surface area contributed by atoms with Crippen molar-refractivity contribution < 1.29 is 0 Å². The van der Waals surface area contributed by atoms with E-state index in [1.807, 2.05) is 13.1 Å². The van der Waals surface area contributed by atoms with Gasteiger partial charge in [0.2, 0.25) is 0 Å². The van der Waals surface area contributed by atoms with Crippen LogP contribution in [0.2, 0.25) is 0 Å². The summed E-state index contributed by atoms with van der Waals surface area (Å²) in [6.45, 7) is 3.96. The van der Waals surface area contributed by atoms with Crippen LogP contribution in [0, 0.1) is 6.92 Å². The van der Waals surface area contributed by atoms with Crippen molar-refractivity contribution in [1.29, 1.82) is 0 Å². The summed E-state index contributed by atoms with van der Waals surface area (Å²) >= 11 is 0. The summed E-state index contributed by atoms with van der Waals surface area (Å²) in [5.74, 6) is 2.02. The summed E-state index contributed by atoms with van der Waals surface area (Å²) in [5.41, 5.74) is 2.30. The van der Waals surface area contributed by atoms with Crippen molar-refractivity contribution in [2.75, 3.05) is 13.6 Å². The van der Waals surface area contributed by atoms with Gasteiger partial charge in [-0.05, 0) is 38.3 Å². The molecule has 132 valence electrons. The highest BCUT2D eigenvalue weighted by Crippen LogP contribution is 2.17. The maximum absolute atomic E-state index is 4.62. The summed E-state index contributed by atoms with van der Waals surface area (Å²) in [7, 11) is 1.85. The third-order valence-electron chi connectivity index (χ3n) is 4.62. The van der Waals surface area contributed by atoms with Crippen LogP contribution in [0.3, 0.4) is 0 Å². The Morgan fingerprint density at radius 1 is 1.29 bits per heavy atom. The molecule has 0 bridgehead atoms. The smallest absolute Gasteiger partial charge is 0.191 e. The van der Waals surface area contributed by atoms with Gasteiger partial charge in [-0.3, -0.25) is 4.99 Å². The number of imidazole rings is 1. The molecular formula is C18H28IN5. The second-order valence-corrected chi connectivity index (χ2v) is 6.28. The Morgan fingerprint density at radius 3 is 2.79 bits per heavy atom. The number of aryl methyl sites for hydroxylation is 2. The molecule has 1 saturated carbocycles. The van der Waals surface area contributed by atoms with Gasteiger partial charge in [-0.25, -0.2) is 4.98 Å². The fourth-order valence-corrected chi connectivity index (χ4v) is 3.38. The lowest BCUT2D eigenvalue weighted by Crippen LogP contribution is -2.42. The molecule has 24 heavy (non-hydrogen) atoms. The molecule has 5 nitrogen and oxygen atoms in total. The number of guanidine groups is 1. The van der Waals surface area contributed by atoms with E-state index in [4.69, 9.17) is 0 Å². The monoisotopic (exact) mass is 441 g/mol. The average Bonchev–Trinajstić information content (AvgIpc) is 3.18. The minimum absolute atomic E-state index is 0. The molecule has 0 aliphatic heterocycles. The molecule has 0 unspecified atom stereocenters. The van der Waals surface area contributed by atoms with Gasteiger partial charge in [-0.2, -0.15) is 0 Å². The molecule has 1 heterocycles. The van der Waals surface area contributed by atoms with Crippen LogP contribution < -0.4 is 10.6 Å². The van der Waals surface area contributed by atoms with Crippen LogP contribution in [0.15, 0.2) is 29.3 Å². The lowest BCUT2D eigenvalue weighted by atomic mass is 10.2. The van der Waals surface area contributed by atoms with Crippen molar-refractivity contribution in [3.05, 3.63) is 30.1 Å². The molecule has 1 aromatic carbocycles. The van der Waals surface area contributed by atoms with E-state index in [1.165, 1.54) is 31.2 Å². The topological polar surface area (TPSA) is 54.2 Å². The number of hydrogen-bond acceptors (Lipinski definition) is 2. The van der Waals surface area contributed by atoms with Gasteiger partial charge >= 0.3 is 0 Å². The Hall–Kier alpha value is -1.31. The normalized spacial score (nSPS) is 15.5. The fraction of sp³-hybridized carbons (Fsp3) is 0.556. The number of nitrogens with zero attached hydrogens (tertiary/aromatic N) is 3. The lowest BCUT2D eigenvalue weighted by Gasteiger charge is -2.17. The van der Waals surface area contributed by atoms with E-state index in [0.29, 0.717) is 6.04 Å². The zero-order chi connectivity index (χ0) is 16.1. The third-order valence-corrected chi connectivity index (χ3v) is 4.62. The van der Waals surface area contributed by atoms with E-state index in [2.05, 4.69) is 50.3 Å². The van der Waals surface area contributed by atoms with Crippen LogP contribution in [-0.2, 0) is 6.54 Å². The number of benzene rings is 1. The van der Waals surface area contributed by atoms with Crippen molar-refractivity contribution >= 4 is 41.0 Å². The number of hydrogen-bond donors (Lipinski definition) is 2. The summed E-state index contributed by atoms with van der Waals surface area (Å²) in [6, 6.07) is 8.93. The molecule has 1 fully saturated rings. The van der Waals surface area contributed by atoms with Crippen molar-refractivity contribution in [3.63, 3.8) is 0 Å². The van der Waals surface area contributed by atoms with Crippen LogP contribution >= 0.6 is 24.0 Å². The van der Waals surface area contributed by atoms with E-state index in [0.717, 1.165) is 36.8 Å². The molecule has 2 N–H and O–H groups in total. The molecule has 1 aliphatic rings. The number of aromatic nitrogens is 2. The van der Waals surface area contributed by atoms with Crippen LogP contribution in [0.1, 0.15) is 37.9 Å². The third kappa shape index (κ3) is 4.62. The standard InChI is InChI=1S/C18H27N5.HI/c1-14-21-16-10-5-6-11-17(16)23(14)13-7-12-20-18(19-2)22-15-8-3-4-9-15;/h5-6,10-11,15H,3-4,7-9,12-13H2,1-2H3,(H2,19,20,22);1H. The lowest BCUT2D eigenvalue weighted by molar-refractivity contribution is 0.594. The largest absolute Gasteiger partial charge is 0.356 e. The van der Waals surface area contributed by atoms with E-state index < -0.39 is 0 Å². The summed E-state index contributed by atoms with van der Waals surface area (Å²) in [6.07, 6.45) is 6.25.